The van der Waals surface area contributed by atoms with E-state index in [0.717, 1.165) is 6.07 Å². The number of hydrogen-bond donors (Lipinski definition) is 2. The van der Waals surface area contributed by atoms with Crippen molar-refractivity contribution in [3.8, 4) is 17.2 Å². The molecule has 0 aliphatic heterocycles. The molecule has 0 atom stereocenters. The van der Waals surface area contributed by atoms with Gasteiger partial charge in [0, 0.05) is 17.8 Å². The van der Waals surface area contributed by atoms with Gasteiger partial charge in [0.25, 0.3) is 15.7 Å². The monoisotopic (exact) mass is 486 g/mol. The lowest BCUT2D eigenvalue weighted by Crippen LogP contribution is -2.15. The van der Waals surface area contributed by atoms with Crippen molar-refractivity contribution in [3.63, 3.8) is 0 Å². The maximum Gasteiger partial charge on any atom is 0.270 e. The Kier molecular flexibility index (Phi) is 7.53. The number of ether oxygens (including phenoxy) is 3. The lowest BCUT2D eigenvalue weighted by molar-refractivity contribution is -0.385. The normalized spacial score (nSPS) is 11.1. The Bertz CT molecular complexity index is 1310. The van der Waals surface area contributed by atoms with Crippen molar-refractivity contribution in [3.05, 3.63) is 76.3 Å². The van der Waals surface area contributed by atoms with Gasteiger partial charge in [-0.3, -0.25) is 20.3 Å². The first-order valence-electron chi connectivity index (χ1n) is 9.74. The molecule has 178 valence electrons. The average Bonchev–Trinajstić information content (AvgIpc) is 2.84. The molecule has 0 bridgehead atoms. The Morgan fingerprint density at radius 2 is 1.62 bits per heavy atom. The second-order valence-electron chi connectivity index (χ2n) is 6.76. The number of benzene rings is 3. The van der Waals surface area contributed by atoms with Gasteiger partial charge in [-0.05, 0) is 54.1 Å². The van der Waals surface area contributed by atoms with Gasteiger partial charge in [0.15, 0.2) is 11.5 Å². The molecule has 34 heavy (non-hydrogen) atoms. The molecule has 0 amide bonds. The summed E-state index contributed by atoms with van der Waals surface area (Å²) in [5.41, 5.74) is 3.20. The van der Waals surface area contributed by atoms with E-state index in [0.29, 0.717) is 22.8 Å². The molecule has 0 unspecified atom stereocenters. The van der Waals surface area contributed by atoms with E-state index in [-0.39, 0.29) is 22.0 Å². The minimum absolute atomic E-state index is 0.0448. The van der Waals surface area contributed by atoms with Crippen LogP contribution in [0.4, 0.5) is 17.1 Å². The highest BCUT2D eigenvalue weighted by molar-refractivity contribution is 7.92. The van der Waals surface area contributed by atoms with Crippen LogP contribution in [0, 0.1) is 10.1 Å². The fourth-order valence-corrected chi connectivity index (χ4v) is 4.15. The number of methoxy groups -OCH3 is 3. The molecule has 3 rings (SSSR count). The summed E-state index contributed by atoms with van der Waals surface area (Å²) in [4.78, 5) is 10.2. The van der Waals surface area contributed by atoms with Crippen LogP contribution in [0.15, 0.2) is 70.7 Å². The summed E-state index contributed by atoms with van der Waals surface area (Å²) < 4.78 is 44.0. The smallest absolute Gasteiger partial charge is 0.270 e. The number of hydrazone groups is 1. The Balaban J connectivity index is 1.90. The predicted molar refractivity (Wildman–Crippen MR) is 128 cm³/mol. The first kappa shape index (κ1) is 24.3. The van der Waals surface area contributed by atoms with Crippen molar-refractivity contribution >= 4 is 33.3 Å². The van der Waals surface area contributed by atoms with E-state index in [1.54, 1.807) is 30.3 Å². The minimum atomic E-state index is -4.20. The van der Waals surface area contributed by atoms with Gasteiger partial charge in [-0.1, -0.05) is 0 Å². The van der Waals surface area contributed by atoms with E-state index < -0.39 is 14.9 Å². The van der Waals surface area contributed by atoms with Crippen LogP contribution in [0.2, 0.25) is 0 Å². The number of nitro benzene ring substituents is 1. The van der Waals surface area contributed by atoms with Crippen molar-refractivity contribution in [2.24, 2.45) is 5.10 Å². The quantitative estimate of drug-likeness (QED) is 0.250. The van der Waals surface area contributed by atoms with Crippen molar-refractivity contribution in [1.82, 2.24) is 0 Å². The summed E-state index contributed by atoms with van der Waals surface area (Å²) >= 11 is 0. The van der Waals surface area contributed by atoms with Gasteiger partial charge < -0.3 is 14.2 Å². The SMILES string of the molecule is COc1ccc(NS(=O)(=O)c2cc([N+](=O)[O-])ccc2N/N=C/c2ccc(OC)c(OC)c2)cc1. The predicted octanol–water partition coefficient (Wildman–Crippen LogP) is 3.87. The zero-order valence-corrected chi connectivity index (χ0v) is 19.3. The molecule has 2 N–H and O–H groups in total. The lowest BCUT2D eigenvalue weighted by Gasteiger charge is -2.12. The second-order valence-corrected chi connectivity index (χ2v) is 8.41. The van der Waals surface area contributed by atoms with Gasteiger partial charge in [0.2, 0.25) is 0 Å². The van der Waals surface area contributed by atoms with Gasteiger partial charge >= 0.3 is 0 Å². The van der Waals surface area contributed by atoms with Crippen LogP contribution in [-0.4, -0.2) is 40.9 Å². The number of non-ortho nitro benzene ring substituents is 1. The summed E-state index contributed by atoms with van der Waals surface area (Å²) in [6.07, 6.45) is 1.44. The highest BCUT2D eigenvalue weighted by Crippen LogP contribution is 2.29. The summed E-state index contributed by atoms with van der Waals surface area (Å²) in [7, 11) is 0.305. The van der Waals surface area contributed by atoms with Gasteiger partial charge in [0.1, 0.15) is 10.6 Å². The van der Waals surface area contributed by atoms with E-state index in [4.69, 9.17) is 14.2 Å². The van der Waals surface area contributed by atoms with Crippen molar-refractivity contribution < 1.29 is 27.6 Å². The number of nitro groups is 1. The number of nitrogens with one attached hydrogen (secondary N) is 2. The topological polar surface area (TPSA) is 141 Å². The van der Waals surface area contributed by atoms with E-state index in [2.05, 4.69) is 15.2 Å². The number of nitrogens with zero attached hydrogens (tertiary/aromatic N) is 2. The maximum atomic E-state index is 13.1. The number of sulfonamides is 1. The van der Waals surface area contributed by atoms with E-state index >= 15 is 0 Å². The largest absolute Gasteiger partial charge is 0.497 e. The fraction of sp³-hybridized carbons (Fsp3) is 0.136. The number of hydrogen-bond acceptors (Lipinski definition) is 9. The highest BCUT2D eigenvalue weighted by Gasteiger charge is 2.22. The van der Waals surface area contributed by atoms with Crippen molar-refractivity contribution in [1.29, 1.82) is 0 Å². The summed E-state index contributed by atoms with van der Waals surface area (Å²) in [5, 5.41) is 15.3. The van der Waals surface area contributed by atoms with E-state index in [1.165, 1.54) is 51.8 Å². The molecule has 0 radical (unpaired) electrons. The zero-order chi connectivity index (χ0) is 24.7. The Hall–Kier alpha value is -4.32. The average molecular weight is 487 g/mol. The Morgan fingerprint density at radius 1 is 0.912 bits per heavy atom. The second kappa shape index (κ2) is 10.5. The molecule has 3 aromatic carbocycles. The molecular formula is C22H22N4O7S. The van der Waals surface area contributed by atoms with Gasteiger partial charge in [-0.2, -0.15) is 5.10 Å². The first-order chi connectivity index (χ1) is 16.3. The van der Waals surface area contributed by atoms with E-state index in [1.807, 2.05) is 0 Å². The molecule has 0 aliphatic rings. The third-order valence-corrected chi connectivity index (χ3v) is 6.04. The molecule has 0 saturated carbocycles. The Labute approximate surface area is 196 Å². The first-order valence-corrected chi connectivity index (χ1v) is 11.2. The molecular weight excluding hydrogens is 464 g/mol. The van der Waals surface area contributed by atoms with Gasteiger partial charge in [-0.25, -0.2) is 8.42 Å². The molecule has 0 heterocycles. The van der Waals surface area contributed by atoms with Crippen LogP contribution in [0.5, 0.6) is 17.2 Å². The Morgan fingerprint density at radius 3 is 2.24 bits per heavy atom. The van der Waals surface area contributed by atoms with Crippen LogP contribution in [0.3, 0.4) is 0 Å². The van der Waals surface area contributed by atoms with Crippen molar-refractivity contribution in [2.75, 3.05) is 31.5 Å². The maximum absolute atomic E-state index is 13.1. The van der Waals surface area contributed by atoms with Crippen LogP contribution >= 0.6 is 0 Å². The van der Waals surface area contributed by atoms with Crippen LogP contribution in [0.1, 0.15) is 5.56 Å². The molecule has 3 aromatic rings. The molecule has 0 saturated heterocycles. The van der Waals surface area contributed by atoms with Crippen LogP contribution in [-0.2, 0) is 10.0 Å². The molecule has 0 spiro atoms. The van der Waals surface area contributed by atoms with Crippen LogP contribution in [0.25, 0.3) is 0 Å². The van der Waals surface area contributed by atoms with Gasteiger partial charge in [0.05, 0.1) is 38.2 Å². The third kappa shape index (κ3) is 5.72. The molecule has 12 heteroatoms. The highest BCUT2D eigenvalue weighted by atomic mass is 32.2. The summed E-state index contributed by atoms with van der Waals surface area (Å²) in [6.45, 7) is 0. The van der Waals surface area contributed by atoms with Crippen molar-refractivity contribution in [2.45, 2.75) is 4.90 Å². The molecule has 0 fully saturated rings. The number of rotatable bonds is 10. The third-order valence-electron chi connectivity index (χ3n) is 4.61. The summed E-state index contributed by atoms with van der Waals surface area (Å²) in [5.74, 6) is 1.58. The van der Waals surface area contributed by atoms with Gasteiger partial charge in [-0.15, -0.1) is 0 Å². The molecule has 0 aromatic heterocycles. The fourth-order valence-electron chi connectivity index (χ4n) is 2.92. The zero-order valence-electron chi connectivity index (χ0n) is 18.5. The van der Waals surface area contributed by atoms with Crippen LogP contribution < -0.4 is 24.4 Å². The molecule has 11 nitrogen and oxygen atoms in total. The number of anilines is 2. The minimum Gasteiger partial charge on any atom is -0.497 e. The summed E-state index contributed by atoms with van der Waals surface area (Å²) in [6, 6.07) is 14.7. The lowest BCUT2D eigenvalue weighted by atomic mass is 10.2. The van der Waals surface area contributed by atoms with E-state index in [9.17, 15) is 18.5 Å². The molecule has 0 aliphatic carbocycles. The standard InChI is InChI=1S/C22H22N4O7S/c1-31-18-8-5-16(6-9-18)25-34(29,30)22-13-17(26(27)28)7-10-19(22)24-23-14-15-4-11-20(32-2)21(12-15)33-3/h4-14,24-25H,1-3H3/b23-14+.